The second-order valence-corrected chi connectivity index (χ2v) is 6.80. The number of hydrogen-bond acceptors (Lipinski definition) is 3. The van der Waals surface area contributed by atoms with E-state index in [1.54, 1.807) is 0 Å². The van der Waals surface area contributed by atoms with Gasteiger partial charge in [0.2, 0.25) is 5.91 Å². The van der Waals surface area contributed by atoms with Gasteiger partial charge in [-0.1, -0.05) is 19.3 Å². The van der Waals surface area contributed by atoms with E-state index in [1.807, 2.05) is 6.92 Å². The van der Waals surface area contributed by atoms with Crippen molar-refractivity contribution in [2.75, 3.05) is 19.7 Å². The third kappa shape index (κ3) is 6.77. The molecule has 132 valence electrons. The van der Waals surface area contributed by atoms with Crippen LogP contribution in [-0.2, 0) is 9.53 Å². The predicted octanol–water partition coefficient (Wildman–Crippen LogP) is 1.94. The molecule has 0 aromatic carbocycles. The van der Waals surface area contributed by atoms with Crippen LogP contribution in [0.2, 0.25) is 0 Å². The molecule has 23 heavy (non-hydrogen) atoms. The van der Waals surface area contributed by atoms with Gasteiger partial charge in [-0.15, -0.1) is 0 Å². The topological polar surface area (TPSA) is 79.5 Å². The number of carbonyl (C=O) groups excluding carboxylic acids is 2. The van der Waals surface area contributed by atoms with Gasteiger partial charge < -0.3 is 20.7 Å². The fourth-order valence-electron chi connectivity index (χ4n) is 3.45. The van der Waals surface area contributed by atoms with Crippen molar-refractivity contribution < 1.29 is 14.3 Å². The van der Waals surface area contributed by atoms with E-state index < -0.39 is 0 Å². The summed E-state index contributed by atoms with van der Waals surface area (Å²) in [5.41, 5.74) is 0. The highest BCUT2D eigenvalue weighted by atomic mass is 16.5. The number of amides is 3. The molecule has 3 N–H and O–H groups in total. The van der Waals surface area contributed by atoms with Crippen molar-refractivity contribution in [1.29, 1.82) is 0 Å². The summed E-state index contributed by atoms with van der Waals surface area (Å²) in [5.74, 6) is 0.652. The standard InChI is InChI=1S/C17H31N3O3/c1-13(15-8-5-11-23-15)20-17(22)19-10-9-18-16(21)12-14-6-3-2-4-7-14/h13-15H,2-12H2,1H3,(H,18,21)(H2,19,20,22)/t13-,15+/m1/s1. The Hall–Kier alpha value is -1.30. The summed E-state index contributed by atoms with van der Waals surface area (Å²) >= 11 is 0. The van der Waals surface area contributed by atoms with Gasteiger partial charge in [0.15, 0.2) is 0 Å². The zero-order chi connectivity index (χ0) is 16.5. The average Bonchev–Trinajstić information content (AvgIpc) is 3.07. The molecular weight excluding hydrogens is 294 g/mol. The van der Waals surface area contributed by atoms with Crippen LogP contribution in [-0.4, -0.2) is 43.8 Å². The average molecular weight is 325 g/mol. The summed E-state index contributed by atoms with van der Waals surface area (Å²) < 4.78 is 5.55. The molecular formula is C17H31N3O3. The molecule has 3 amide bonds. The summed E-state index contributed by atoms with van der Waals surface area (Å²) in [4.78, 5) is 23.6. The van der Waals surface area contributed by atoms with Crippen LogP contribution in [0, 0.1) is 5.92 Å². The number of hydrogen-bond donors (Lipinski definition) is 3. The number of carbonyl (C=O) groups is 2. The smallest absolute Gasteiger partial charge is 0.315 e. The van der Waals surface area contributed by atoms with Crippen molar-refractivity contribution >= 4 is 11.9 Å². The van der Waals surface area contributed by atoms with Gasteiger partial charge in [0.1, 0.15) is 0 Å². The Bertz CT molecular complexity index is 377. The minimum Gasteiger partial charge on any atom is -0.376 e. The van der Waals surface area contributed by atoms with Crippen LogP contribution >= 0.6 is 0 Å². The van der Waals surface area contributed by atoms with E-state index in [9.17, 15) is 9.59 Å². The molecule has 0 unspecified atom stereocenters. The molecule has 1 aliphatic carbocycles. The lowest BCUT2D eigenvalue weighted by Crippen LogP contribution is -2.47. The van der Waals surface area contributed by atoms with Crippen LogP contribution in [0.15, 0.2) is 0 Å². The van der Waals surface area contributed by atoms with E-state index >= 15 is 0 Å². The quantitative estimate of drug-likeness (QED) is 0.626. The van der Waals surface area contributed by atoms with Gasteiger partial charge in [-0.3, -0.25) is 4.79 Å². The first-order valence-electron chi connectivity index (χ1n) is 9.08. The van der Waals surface area contributed by atoms with Gasteiger partial charge >= 0.3 is 6.03 Å². The zero-order valence-electron chi connectivity index (χ0n) is 14.2. The molecule has 1 aliphatic heterocycles. The molecule has 0 aromatic rings. The van der Waals surface area contributed by atoms with Crippen molar-refractivity contribution in [3.63, 3.8) is 0 Å². The molecule has 2 atom stereocenters. The fourth-order valence-corrected chi connectivity index (χ4v) is 3.45. The minimum absolute atomic E-state index is 0.0124. The second-order valence-electron chi connectivity index (χ2n) is 6.80. The lowest BCUT2D eigenvalue weighted by molar-refractivity contribution is -0.122. The Morgan fingerprint density at radius 1 is 1.04 bits per heavy atom. The van der Waals surface area contributed by atoms with E-state index in [0.717, 1.165) is 19.4 Å². The third-order valence-corrected chi connectivity index (χ3v) is 4.81. The third-order valence-electron chi connectivity index (χ3n) is 4.81. The first-order chi connectivity index (χ1) is 11.1. The Morgan fingerprint density at radius 3 is 2.48 bits per heavy atom. The van der Waals surface area contributed by atoms with Crippen LogP contribution in [0.25, 0.3) is 0 Å². The predicted molar refractivity (Wildman–Crippen MR) is 89.2 cm³/mol. The Balaban J connectivity index is 1.50. The van der Waals surface area contributed by atoms with E-state index in [0.29, 0.717) is 25.4 Å². The van der Waals surface area contributed by atoms with Crippen molar-refractivity contribution in [2.45, 2.75) is 70.4 Å². The van der Waals surface area contributed by atoms with Gasteiger partial charge in [-0.05, 0) is 38.5 Å². The van der Waals surface area contributed by atoms with Crippen molar-refractivity contribution in [2.24, 2.45) is 5.92 Å². The van der Waals surface area contributed by atoms with Gasteiger partial charge in [0.25, 0.3) is 0 Å². The molecule has 1 saturated heterocycles. The summed E-state index contributed by atoms with van der Waals surface area (Å²) in [6, 6.07) is -0.187. The highest BCUT2D eigenvalue weighted by Crippen LogP contribution is 2.25. The molecule has 2 rings (SSSR count). The number of urea groups is 1. The number of nitrogens with one attached hydrogen (secondary N) is 3. The molecule has 0 aromatic heterocycles. The molecule has 0 radical (unpaired) electrons. The maximum absolute atomic E-state index is 11.9. The monoisotopic (exact) mass is 325 g/mol. The van der Waals surface area contributed by atoms with E-state index in [4.69, 9.17) is 4.74 Å². The molecule has 2 aliphatic rings. The highest BCUT2D eigenvalue weighted by Gasteiger charge is 2.23. The van der Waals surface area contributed by atoms with Gasteiger partial charge in [0, 0.05) is 26.1 Å². The summed E-state index contributed by atoms with van der Waals surface area (Å²) in [6.45, 7) is 3.67. The largest absolute Gasteiger partial charge is 0.376 e. The molecule has 6 nitrogen and oxygen atoms in total. The van der Waals surface area contributed by atoms with Crippen LogP contribution in [0.3, 0.4) is 0 Å². The molecule has 2 fully saturated rings. The van der Waals surface area contributed by atoms with Crippen molar-refractivity contribution in [3.05, 3.63) is 0 Å². The van der Waals surface area contributed by atoms with Crippen molar-refractivity contribution in [1.82, 2.24) is 16.0 Å². The van der Waals surface area contributed by atoms with Crippen LogP contribution < -0.4 is 16.0 Å². The molecule has 1 heterocycles. The Kier molecular flexibility index (Phi) is 7.65. The van der Waals surface area contributed by atoms with E-state index in [2.05, 4.69) is 16.0 Å². The van der Waals surface area contributed by atoms with Crippen molar-refractivity contribution in [3.8, 4) is 0 Å². The van der Waals surface area contributed by atoms with Gasteiger partial charge in [0.05, 0.1) is 12.1 Å². The highest BCUT2D eigenvalue weighted by molar-refractivity contribution is 5.76. The van der Waals surface area contributed by atoms with Gasteiger partial charge in [-0.25, -0.2) is 4.79 Å². The number of rotatable bonds is 7. The zero-order valence-corrected chi connectivity index (χ0v) is 14.2. The lowest BCUT2D eigenvalue weighted by Gasteiger charge is -2.21. The summed E-state index contributed by atoms with van der Waals surface area (Å²) in [7, 11) is 0. The van der Waals surface area contributed by atoms with Gasteiger partial charge in [-0.2, -0.15) is 0 Å². The summed E-state index contributed by atoms with van der Waals surface area (Å²) in [6.07, 6.45) is 8.97. The maximum Gasteiger partial charge on any atom is 0.315 e. The van der Waals surface area contributed by atoms with E-state index in [-0.39, 0.29) is 24.1 Å². The molecule has 0 spiro atoms. The first kappa shape index (κ1) is 18.0. The van der Waals surface area contributed by atoms with Crippen LogP contribution in [0.4, 0.5) is 4.79 Å². The SMILES string of the molecule is C[C@@H](NC(=O)NCCNC(=O)CC1CCCCC1)[C@@H]1CCCO1. The lowest BCUT2D eigenvalue weighted by atomic mass is 9.87. The fraction of sp³-hybridized carbons (Fsp3) is 0.882. The maximum atomic E-state index is 11.9. The molecule has 1 saturated carbocycles. The molecule has 6 heteroatoms. The Morgan fingerprint density at radius 2 is 1.78 bits per heavy atom. The first-order valence-corrected chi connectivity index (χ1v) is 9.08. The van der Waals surface area contributed by atoms with Crippen LogP contribution in [0.5, 0.6) is 0 Å². The Labute approximate surface area is 139 Å². The van der Waals surface area contributed by atoms with E-state index in [1.165, 1.54) is 32.1 Å². The second kappa shape index (κ2) is 9.75. The van der Waals surface area contributed by atoms with Crippen LogP contribution in [0.1, 0.15) is 58.3 Å². The minimum atomic E-state index is -0.200. The normalized spacial score (nSPS) is 23.3. The molecule has 0 bridgehead atoms. The number of ether oxygens (including phenoxy) is 1. The summed E-state index contributed by atoms with van der Waals surface area (Å²) in [5, 5.41) is 8.55.